The normalized spacial score (nSPS) is 11.4. The average Bonchev–Trinajstić information content (AvgIpc) is 2.65. The number of sulfonamides is 1. The molecule has 0 spiro atoms. The van der Waals surface area contributed by atoms with E-state index in [1.165, 1.54) is 6.08 Å². The predicted molar refractivity (Wildman–Crippen MR) is 106 cm³/mol. The van der Waals surface area contributed by atoms with Crippen LogP contribution in [0.5, 0.6) is 0 Å². The van der Waals surface area contributed by atoms with Crippen LogP contribution < -0.4 is 10.0 Å². The third-order valence-electron chi connectivity index (χ3n) is 3.71. The van der Waals surface area contributed by atoms with Gasteiger partial charge in [-0.1, -0.05) is 50.1 Å². The van der Waals surface area contributed by atoms with Crippen molar-refractivity contribution in [2.24, 2.45) is 0 Å². The van der Waals surface area contributed by atoms with Crippen LogP contribution in [-0.2, 0) is 10.0 Å². The van der Waals surface area contributed by atoms with Crippen LogP contribution in [0.1, 0.15) is 42.1 Å². The summed E-state index contributed by atoms with van der Waals surface area (Å²) in [6.07, 6.45) is 4.66. The largest absolute Gasteiger partial charge is 0.352 e. The zero-order valence-corrected chi connectivity index (χ0v) is 15.6. The van der Waals surface area contributed by atoms with Gasteiger partial charge in [0.15, 0.2) is 0 Å². The summed E-state index contributed by atoms with van der Waals surface area (Å²) in [6, 6.07) is 15.6. The highest BCUT2D eigenvalue weighted by Crippen LogP contribution is 2.13. The maximum atomic E-state index is 12.1. The highest BCUT2D eigenvalue weighted by atomic mass is 32.2. The van der Waals surface area contributed by atoms with Crippen LogP contribution in [0, 0.1) is 0 Å². The van der Waals surface area contributed by atoms with Gasteiger partial charge in [-0.3, -0.25) is 9.52 Å². The molecule has 0 unspecified atom stereocenters. The maximum Gasteiger partial charge on any atom is 0.255 e. The third kappa shape index (κ3) is 6.72. The number of carbonyl (C=O) groups excluding carboxylic acids is 1. The first kappa shape index (κ1) is 19.7. The minimum atomic E-state index is -3.62. The van der Waals surface area contributed by atoms with Crippen molar-refractivity contribution in [2.45, 2.75) is 26.2 Å². The Hall–Kier alpha value is -2.60. The molecule has 0 atom stereocenters. The molecule has 0 radical (unpaired) electrons. The van der Waals surface area contributed by atoms with Gasteiger partial charge in [0.1, 0.15) is 0 Å². The van der Waals surface area contributed by atoms with Gasteiger partial charge in [0, 0.05) is 17.8 Å². The molecule has 0 aliphatic rings. The number of hydrogen-bond acceptors (Lipinski definition) is 3. The summed E-state index contributed by atoms with van der Waals surface area (Å²) in [5, 5.41) is 3.97. The summed E-state index contributed by atoms with van der Waals surface area (Å²) >= 11 is 0. The lowest BCUT2D eigenvalue weighted by Crippen LogP contribution is -2.24. The van der Waals surface area contributed by atoms with Crippen molar-refractivity contribution in [1.82, 2.24) is 5.32 Å². The average molecular weight is 372 g/mol. The molecule has 0 fully saturated rings. The quantitative estimate of drug-likeness (QED) is 0.653. The second kappa shape index (κ2) is 9.77. The van der Waals surface area contributed by atoms with Gasteiger partial charge in [0.2, 0.25) is 0 Å². The van der Waals surface area contributed by atoms with Crippen LogP contribution in [0.15, 0.2) is 60.0 Å². The lowest BCUT2D eigenvalue weighted by Gasteiger charge is -2.07. The van der Waals surface area contributed by atoms with Crippen molar-refractivity contribution in [3.8, 4) is 0 Å². The van der Waals surface area contributed by atoms with Gasteiger partial charge in [0.25, 0.3) is 15.9 Å². The number of amides is 1. The molecule has 0 saturated heterocycles. The number of nitrogens with one attached hydrogen (secondary N) is 2. The van der Waals surface area contributed by atoms with Crippen LogP contribution in [0.4, 0.5) is 5.69 Å². The Morgan fingerprint density at radius 3 is 2.35 bits per heavy atom. The Labute approximate surface area is 155 Å². The second-order valence-corrected chi connectivity index (χ2v) is 7.47. The van der Waals surface area contributed by atoms with Gasteiger partial charge < -0.3 is 5.32 Å². The van der Waals surface area contributed by atoms with E-state index in [1.54, 1.807) is 24.3 Å². The van der Waals surface area contributed by atoms with Crippen molar-refractivity contribution in [2.75, 3.05) is 11.3 Å². The zero-order valence-electron chi connectivity index (χ0n) is 14.8. The van der Waals surface area contributed by atoms with E-state index in [0.717, 1.165) is 30.2 Å². The van der Waals surface area contributed by atoms with Crippen LogP contribution in [0.3, 0.4) is 0 Å². The van der Waals surface area contributed by atoms with Crippen LogP contribution in [0.2, 0.25) is 0 Å². The number of carbonyl (C=O) groups is 1. The topological polar surface area (TPSA) is 75.3 Å². The summed E-state index contributed by atoms with van der Waals surface area (Å²) in [5.41, 5.74) is 1.71. The molecule has 5 nitrogen and oxygen atoms in total. The monoisotopic (exact) mass is 372 g/mol. The van der Waals surface area contributed by atoms with Crippen molar-refractivity contribution in [3.05, 3.63) is 71.1 Å². The van der Waals surface area contributed by atoms with Gasteiger partial charge in [-0.05, 0) is 42.3 Å². The first-order valence-electron chi connectivity index (χ1n) is 8.64. The van der Waals surface area contributed by atoms with Gasteiger partial charge >= 0.3 is 0 Å². The van der Waals surface area contributed by atoms with Crippen molar-refractivity contribution in [3.63, 3.8) is 0 Å². The summed E-state index contributed by atoms with van der Waals surface area (Å²) in [7, 11) is -3.62. The predicted octanol–water partition coefficient (Wildman–Crippen LogP) is 4.02. The van der Waals surface area contributed by atoms with Gasteiger partial charge in [-0.25, -0.2) is 8.42 Å². The molecule has 0 saturated carbocycles. The molecule has 0 aliphatic carbocycles. The summed E-state index contributed by atoms with van der Waals surface area (Å²) in [4.78, 5) is 12.0. The fourth-order valence-corrected chi connectivity index (χ4v) is 3.17. The lowest BCUT2D eigenvalue weighted by molar-refractivity contribution is 0.0953. The number of rotatable bonds is 9. The number of anilines is 1. The second-order valence-electron chi connectivity index (χ2n) is 5.90. The zero-order chi connectivity index (χ0) is 18.8. The molecule has 0 aliphatic heterocycles. The van der Waals surface area contributed by atoms with Gasteiger partial charge in [0.05, 0.1) is 5.41 Å². The fourth-order valence-electron chi connectivity index (χ4n) is 2.30. The fraction of sp³-hybridized carbons (Fsp3) is 0.250. The highest BCUT2D eigenvalue weighted by molar-refractivity contribution is 7.95. The van der Waals surface area contributed by atoms with E-state index >= 15 is 0 Å². The molecule has 0 bridgehead atoms. The Morgan fingerprint density at radius 1 is 1.00 bits per heavy atom. The van der Waals surface area contributed by atoms with E-state index in [2.05, 4.69) is 17.0 Å². The van der Waals surface area contributed by atoms with Crippen molar-refractivity contribution < 1.29 is 13.2 Å². The maximum absolute atomic E-state index is 12.1. The molecule has 2 N–H and O–H groups in total. The Balaban J connectivity index is 1.93. The molecule has 0 aromatic heterocycles. The molecule has 138 valence electrons. The van der Waals surface area contributed by atoms with E-state index in [9.17, 15) is 13.2 Å². The Kier molecular flexibility index (Phi) is 7.41. The Morgan fingerprint density at radius 2 is 1.69 bits per heavy atom. The van der Waals surface area contributed by atoms with Crippen LogP contribution >= 0.6 is 0 Å². The molecule has 2 rings (SSSR count). The molecular weight excluding hydrogens is 348 g/mol. The van der Waals surface area contributed by atoms with Crippen LogP contribution in [0.25, 0.3) is 6.08 Å². The smallest absolute Gasteiger partial charge is 0.255 e. The van der Waals surface area contributed by atoms with Crippen LogP contribution in [-0.4, -0.2) is 20.9 Å². The van der Waals surface area contributed by atoms with Crippen molar-refractivity contribution >= 4 is 27.7 Å². The molecule has 1 amide bonds. The van der Waals surface area contributed by atoms with E-state index in [0.29, 0.717) is 17.8 Å². The first-order valence-corrected chi connectivity index (χ1v) is 10.2. The SMILES string of the molecule is CCCCCNC(=O)c1ccc(NS(=O)(=O)/C=C/c2ccccc2)cc1. The minimum Gasteiger partial charge on any atom is -0.352 e. The third-order valence-corrected chi connectivity index (χ3v) is 4.73. The van der Waals surface area contributed by atoms with E-state index in [1.807, 2.05) is 30.3 Å². The lowest BCUT2D eigenvalue weighted by atomic mass is 10.2. The number of hydrogen-bond donors (Lipinski definition) is 2. The Bertz CT molecular complexity index is 829. The van der Waals surface area contributed by atoms with Gasteiger partial charge in [-0.2, -0.15) is 0 Å². The highest BCUT2D eigenvalue weighted by Gasteiger charge is 2.08. The van der Waals surface area contributed by atoms with E-state index in [4.69, 9.17) is 0 Å². The molecule has 0 heterocycles. The van der Waals surface area contributed by atoms with E-state index < -0.39 is 10.0 Å². The molecule has 2 aromatic carbocycles. The number of unbranched alkanes of at least 4 members (excludes halogenated alkanes) is 2. The first-order chi connectivity index (χ1) is 12.5. The minimum absolute atomic E-state index is 0.153. The number of benzene rings is 2. The molecule has 6 heteroatoms. The van der Waals surface area contributed by atoms with Gasteiger partial charge in [-0.15, -0.1) is 0 Å². The van der Waals surface area contributed by atoms with Crippen molar-refractivity contribution in [1.29, 1.82) is 0 Å². The molecule has 2 aromatic rings. The summed E-state index contributed by atoms with van der Waals surface area (Å²) < 4.78 is 26.7. The standard InChI is InChI=1S/C20H24N2O3S/c1-2-3-7-15-21-20(23)18-10-12-19(13-11-18)22-26(24,25)16-14-17-8-5-4-6-9-17/h4-6,8-14,16,22H,2-3,7,15H2,1H3,(H,21,23)/b16-14+. The van der Waals surface area contributed by atoms with E-state index in [-0.39, 0.29) is 5.91 Å². The summed E-state index contributed by atoms with van der Waals surface area (Å²) in [6.45, 7) is 2.75. The molecule has 26 heavy (non-hydrogen) atoms. The summed E-state index contributed by atoms with van der Waals surface area (Å²) in [5.74, 6) is -0.153. The molecular formula is C20H24N2O3S.